The van der Waals surface area contributed by atoms with E-state index in [-0.39, 0.29) is 5.91 Å². The van der Waals surface area contributed by atoms with Crippen molar-refractivity contribution in [2.75, 3.05) is 33.2 Å². The lowest BCUT2D eigenvalue weighted by Crippen LogP contribution is -2.43. The molecule has 0 atom stereocenters. The first-order valence-electron chi connectivity index (χ1n) is 10.3. The molecule has 158 valence electrons. The average Bonchev–Trinajstić information content (AvgIpc) is 3.32. The number of amides is 1. The molecule has 4 heterocycles. The smallest absolute Gasteiger partial charge is 0.263 e. The second-order valence-electron chi connectivity index (χ2n) is 7.96. The topological polar surface area (TPSA) is 52.9 Å². The Kier molecular flexibility index (Phi) is 5.62. The average molecular weight is 450 g/mol. The Labute approximate surface area is 190 Å². The molecule has 2 aliphatic rings. The van der Waals surface area contributed by atoms with Crippen molar-refractivity contribution in [2.24, 2.45) is 0 Å². The lowest BCUT2D eigenvalue weighted by molar-refractivity contribution is -0.115. The number of thiocarbonyl (C=S) groups is 1. The zero-order valence-corrected chi connectivity index (χ0v) is 18.9. The molecule has 1 aromatic carbocycles. The number of carbonyl (C=O) groups is 1. The summed E-state index contributed by atoms with van der Waals surface area (Å²) in [5.74, 6) is -0.142. The summed E-state index contributed by atoms with van der Waals surface area (Å²) in [5, 5.41) is 2.66. The van der Waals surface area contributed by atoms with Crippen LogP contribution in [0.15, 0.2) is 53.7 Å². The van der Waals surface area contributed by atoms with Gasteiger partial charge in [0.2, 0.25) is 0 Å². The highest BCUT2D eigenvalue weighted by atomic mass is 32.2. The van der Waals surface area contributed by atoms with Gasteiger partial charge in [-0.1, -0.05) is 48.2 Å². The number of imidazole rings is 1. The molecular weight excluding hydrogens is 426 g/mol. The third-order valence-electron chi connectivity index (χ3n) is 5.72. The SMILES string of the molecule is CN1CCN(Cc2ccc(-c3cnc4ccc(C=C5SC(=S)NC5=O)cn34)cc2)CC1. The van der Waals surface area contributed by atoms with Crippen LogP contribution in [-0.2, 0) is 11.3 Å². The van der Waals surface area contributed by atoms with Gasteiger partial charge in [0.05, 0.1) is 16.8 Å². The van der Waals surface area contributed by atoms with E-state index >= 15 is 0 Å². The number of nitrogens with zero attached hydrogens (tertiary/aromatic N) is 4. The minimum atomic E-state index is -0.142. The van der Waals surface area contributed by atoms with Gasteiger partial charge in [0.15, 0.2) is 0 Å². The van der Waals surface area contributed by atoms with Gasteiger partial charge < -0.3 is 10.2 Å². The molecule has 0 radical (unpaired) electrons. The van der Waals surface area contributed by atoms with Gasteiger partial charge in [-0.3, -0.25) is 14.1 Å². The Morgan fingerprint density at radius 3 is 2.61 bits per heavy atom. The number of benzene rings is 1. The van der Waals surface area contributed by atoms with E-state index in [4.69, 9.17) is 12.2 Å². The standard InChI is InChI=1S/C23H23N5OS2/c1-26-8-10-27(11-9-26)14-16-2-5-18(6-3-16)19-13-24-21-7-4-17(15-28(19)21)12-20-22(29)25-23(30)31-20/h2-7,12-13,15H,8-11,14H2,1H3,(H,25,29,30). The van der Waals surface area contributed by atoms with Crippen LogP contribution in [0.3, 0.4) is 0 Å². The number of hydrogen-bond acceptors (Lipinski definition) is 6. The fourth-order valence-electron chi connectivity index (χ4n) is 3.91. The molecule has 5 rings (SSSR count). The lowest BCUT2D eigenvalue weighted by atomic mass is 10.1. The summed E-state index contributed by atoms with van der Waals surface area (Å²) < 4.78 is 2.56. The summed E-state index contributed by atoms with van der Waals surface area (Å²) in [6.45, 7) is 5.48. The van der Waals surface area contributed by atoms with Crippen molar-refractivity contribution in [3.8, 4) is 11.3 Å². The van der Waals surface area contributed by atoms with E-state index in [1.165, 1.54) is 17.3 Å². The predicted molar refractivity (Wildman–Crippen MR) is 130 cm³/mol. The summed E-state index contributed by atoms with van der Waals surface area (Å²) in [7, 11) is 2.18. The highest BCUT2D eigenvalue weighted by molar-refractivity contribution is 8.26. The van der Waals surface area contributed by atoms with Crippen LogP contribution in [0.25, 0.3) is 23.0 Å². The molecule has 0 unspecified atom stereocenters. The maximum atomic E-state index is 12.0. The van der Waals surface area contributed by atoms with Gasteiger partial charge in [0, 0.05) is 44.5 Å². The molecule has 0 saturated carbocycles. The molecule has 0 spiro atoms. The van der Waals surface area contributed by atoms with Gasteiger partial charge in [-0.2, -0.15) is 0 Å². The molecule has 0 bridgehead atoms. The maximum absolute atomic E-state index is 12.0. The Hall–Kier alpha value is -2.52. The Balaban J connectivity index is 1.38. The van der Waals surface area contributed by atoms with E-state index in [0.717, 1.165) is 55.2 Å². The molecule has 3 aromatic rings. The Morgan fingerprint density at radius 2 is 1.90 bits per heavy atom. The van der Waals surface area contributed by atoms with E-state index in [9.17, 15) is 4.79 Å². The van der Waals surface area contributed by atoms with Gasteiger partial charge in [-0.15, -0.1) is 0 Å². The molecule has 2 saturated heterocycles. The van der Waals surface area contributed by atoms with E-state index < -0.39 is 0 Å². The highest BCUT2D eigenvalue weighted by Gasteiger charge is 2.22. The van der Waals surface area contributed by atoms with E-state index in [1.807, 2.05) is 30.6 Å². The molecule has 31 heavy (non-hydrogen) atoms. The maximum Gasteiger partial charge on any atom is 0.263 e. The predicted octanol–water partition coefficient (Wildman–Crippen LogP) is 3.24. The summed E-state index contributed by atoms with van der Waals surface area (Å²) in [4.78, 5) is 22.0. The largest absolute Gasteiger partial charge is 0.307 e. The van der Waals surface area contributed by atoms with Crippen molar-refractivity contribution in [3.63, 3.8) is 0 Å². The summed E-state index contributed by atoms with van der Waals surface area (Å²) >= 11 is 6.37. The minimum Gasteiger partial charge on any atom is -0.307 e. The molecule has 2 aliphatic heterocycles. The monoisotopic (exact) mass is 449 g/mol. The van der Waals surface area contributed by atoms with Crippen LogP contribution in [0.1, 0.15) is 11.1 Å². The normalized spacial score (nSPS) is 19.5. The molecular formula is C23H23N5OS2. The molecule has 6 nitrogen and oxygen atoms in total. The van der Waals surface area contributed by atoms with E-state index in [1.54, 1.807) is 0 Å². The number of nitrogens with one attached hydrogen (secondary N) is 1. The van der Waals surface area contributed by atoms with Gasteiger partial charge in [-0.05, 0) is 36.4 Å². The van der Waals surface area contributed by atoms with E-state index in [0.29, 0.717) is 9.23 Å². The van der Waals surface area contributed by atoms with Crippen LogP contribution < -0.4 is 5.32 Å². The van der Waals surface area contributed by atoms with Crippen LogP contribution in [0.4, 0.5) is 0 Å². The number of fused-ring (bicyclic) bond motifs is 1. The summed E-state index contributed by atoms with van der Waals surface area (Å²) in [6.07, 6.45) is 5.77. The Bertz CT molecular complexity index is 1180. The molecule has 0 aliphatic carbocycles. The van der Waals surface area contributed by atoms with Crippen molar-refractivity contribution in [1.29, 1.82) is 0 Å². The van der Waals surface area contributed by atoms with Crippen molar-refractivity contribution in [2.45, 2.75) is 6.54 Å². The van der Waals surface area contributed by atoms with Gasteiger partial charge in [-0.25, -0.2) is 4.98 Å². The zero-order valence-electron chi connectivity index (χ0n) is 17.2. The number of aromatic nitrogens is 2. The molecule has 1 amide bonds. The number of rotatable bonds is 4. The van der Waals surface area contributed by atoms with Gasteiger partial charge in [0.25, 0.3) is 5.91 Å². The first kappa shape index (κ1) is 20.4. The Morgan fingerprint density at radius 1 is 1.13 bits per heavy atom. The van der Waals surface area contributed by atoms with Gasteiger partial charge in [0.1, 0.15) is 9.97 Å². The minimum absolute atomic E-state index is 0.142. The van der Waals surface area contributed by atoms with Crippen molar-refractivity contribution >= 4 is 45.9 Å². The second kappa shape index (κ2) is 8.55. The van der Waals surface area contributed by atoms with E-state index in [2.05, 4.69) is 55.8 Å². The first-order chi connectivity index (χ1) is 15.0. The molecule has 2 aromatic heterocycles. The van der Waals surface area contributed by atoms with Crippen LogP contribution in [0, 0.1) is 0 Å². The molecule has 2 fully saturated rings. The number of likely N-dealkylation sites (N-methyl/N-ethyl adjacent to an activating group) is 1. The van der Waals surface area contributed by atoms with Crippen LogP contribution in [0.2, 0.25) is 0 Å². The summed E-state index contributed by atoms with van der Waals surface area (Å²) in [6, 6.07) is 12.7. The summed E-state index contributed by atoms with van der Waals surface area (Å²) in [5.41, 5.74) is 5.28. The third-order valence-corrected chi connectivity index (χ3v) is 6.88. The van der Waals surface area contributed by atoms with Crippen molar-refractivity contribution in [1.82, 2.24) is 24.5 Å². The fourth-order valence-corrected chi connectivity index (χ4v) is 4.96. The number of piperazine rings is 1. The molecule has 8 heteroatoms. The highest BCUT2D eigenvalue weighted by Crippen LogP contribution is 2.27. The molecule has 1 N–H and O–H groups in total. The van der Waals surface area contributed by atoms with Crippen LogP contribution in [-0.4, -0.2) is 62.6 Å². The second-order valence-corrected chi connectivity index (χ2v) is 9.68. The quantitative estimate of drug-likeness (QED) is 0.488. The van der Waals surface area contributed by atoms with Crippen molar-refractivity contribution in [3.05, 3.63) is 64.8 Å². The first-order valence-corrected chi connectivity index (χ1v) is 11.5. The van der Waals surface area contributed by atoms with Crippen LogP contribution >= 0.6 is 24.0 Å². The number of thioether (sulfide) groups is 1. The van der Waals surface area contributed by atoms with Gasteiger partial charge >= 0.3 is 0 Å². The number of hydrogen-bond donors (Lipinski definition) is 1. The van der Waals surface area contributed by atoms with Crippen molar-refractivity contribution < 1.29 is 4.79 Å². The van der Waals surface area contributed by atoms with Crippen LogP contribution in [0.5, 0.6) is 0 Å². The zero-order chi connectivity index (χ0) is 21.4. The lowest BCUT2D eigenvalue weighted by Gasteiger charge is -2.32. The number of carbonyl (C=O) groups excluding carboxylic acids is 1. The fraction of sp³-hybridized carbons (Fsp3) is 0.261. The number of pyridine rings is 1. The third kappa shape index (κ3) is 4.43.